The Kier molecular flexibility index (Phi) is 6.03. The molecule has 1 amide bonds. The summed E-state index contributed by atoms with van der Waals surface area (Å²) >= 11 is 0. The Morgan fingerprint density at radius 1 is 1.18 bits per heavy atom. The summed E-state index contributed by atoms with van der Waals surface area (Å²) in [7, 11) is 0. The third-order valence-electron chi connectivity index (χ3n) is 3.98. The minimum absolute atomic E-state index is 0.0298. The van der Waals surface area contributed by atoms with Crippen LogP contribution in [0.15, 0.2) is 42.6 Å². The molecule has 150 valence electrons. The van der Waals surface area contributed by atoms with E-state index in [1.54, 1.807) is 31.2 Å². The van der Waals surface area contributed by atoms with Gasteiger partial charge in [-0.1, -0.05) is 0 Å². The summed E-state index contributed by atoms with van der Waals surface area (Å²) in [4.78, 5) is 20.6. The number of hydroxylamine groups is 1. The third-order valence-corrected chi connectivity index (χ3v) is 3.98. The van der Waals surface area contributed by atoms with Crippen LogP contribution in [0.25, 0.3) is 0 Å². The maximum absolute atomic E-state index is 12.5. The predicted molar refractivity (Wildman–Crippen MR) is 92.7 cm³/mol. The second-order valence-electron chi connectivity index (χ2n) is 6.44. The molecule has 0 spiro atoms. The van der Waals surface area contributed by atoms with E-state index in [9.17, 15) is 18.0 Å². The number of carbonyl (C=O) groups is 1. The van der Waals surface area contributed by atoms with Crippen molar-refractivity contribution in [1.82, 2.24) is 10.5 Å². The Morgan fingerprint density at radius 2 is 1.86 bits per heavy atom. The van der Waals surface area contributed by atoms with E-state index in [1.165, 1.54) is 0 Å². The number of amides is 1. The van der Waals surface area contributed by atoms with Crippen LogP contribution in [0.1, 0.15) is 25.3 Å². The normalized spacial score (nSPS) is 15.0. The van der Waals surface area contributed by atoms with Crippen LogP contribution in [0.2, 0.25) is 0 Å². The molecule has 1 fully saturated rings. The first-order valence-corrected chi connectivity index (χ1v) is 8.71. The van der Waals surface area contributed by atoms with Gasteiger partial charge in [0.2, 0.25) is 5.88 Å². The SMILES string of the molecule is C[C@@H](Oc1ccc(Oc2ccc(C(F)(F)F)cn2)cc1)C(=O)NOCC1CC1. The number of benzene rings is 1. The van der Waals surface area contributed by atoms with E-state index < -0.39 is 23.8 Å². The summed E-state index contributed by atoms with van der Waals surface area (Å²) in [5.74, 6) is 0.961. The predicted octanol–water partition coefficient (Wildman–Crippen LogP) is 4.12. The molecule has 1 atom stereocenters. The van der Waals surface area contributed by atoms with Gasteiger partial charge in [-0.05, 0) is 56.0 Å². The quantitative estimate of drug-likeness (QED) is 0.680. The average molecular weight is 396 g/mol. The number of pyridine rings is 1. The molecule has 28 heavy (non-hydrogen) atoms. The number of nitrogens with one attached hydrogen (secondary N) is 1. The summed E-state index contributed by atoms with van der Waals surface area (Å²) in [5.41, 5.74) is 1.51. The van der Waals surface area contributed by atoms with Crippen molar-refractivity contribution in [3.63, 3.8) is 0 Å². The molecular weight excluding hydrogens is 377 g/mol. The number of carbonyl (C=O) groups excluding carboxylic acids is 1. The number of nitrogens with zero attached hydrogens (tertiary/aromatic N) is 1. The van der Waals surface area contributed by atoms with E-state index in [4.69, 9.17) is 14.3 Å². The van der Waals surface area contributed by atoms with Crippen molar-refractivity contribution in [1.29, 1.82) is 0 Å². The molecular formula is C19H19F3N2O4. The largest absolute Gasteiger partial charge is 0.481 e. The van der Waals surface area contributed by atoms with Crippen molar-refractivity contribution >= 4 is 5.91 Å². The van der Waals surface area contributed by atoms with Crippen molar-refractivity contribution in [3.05, 3.63) is 48.2 Å². The number of rotatable bonds is 8. The number of halogens is 3. The van der Waals surface area contributed by atoms with Gasteiger partial charge in [0.05, 0.1) is 12.2 Å². The highest BCUT2D eigenvalue weighted by Crippen LogP contribution is 2.30. The maximum Gasteiger partial charge on any atom is 0.417 e. The van der Waals surface area contributed by atoms with Crippen molar-refractivity contribution < 1.29 is 32.3 Å². The monoisotopic (exact) mass is 396 g/mol. The maximum atomic E-state index is 12.5. The smallest absolute Gasteiger partial charge is 0.417 e. The molecule has 0 aliphatic heterocycles. The molecule has 2 aromatic rings. The fourth-order valence-electron chi connectivity index (χ4n) is 2.17. The minimum atomic E-state index is -4.45. The Morgan fingerprint density at radius 3 is 2.43 bits per heavy atom. The lowest BCUT2D eigenvalue weighted by atomic mass is 10.3. The van der Waals surface area contributed by atoms with Gasteiger partial charge in [-0.2, -0.15) is 13.2 Å². The number of ether oxygens (including phenoxy) is 2. The van der Waals surface area contributed by atoms with E-state index >= 15 is 0 Å². The van der Waals surface area contributed by atoms with Crippen LogP contribution in [-0.2, 0) is 15.8 Å². The van der Waals surface area contributed by atoms with Crippen LogP contribution in [-0.4, -0.2) is 23.6 Å². The Bertz CT molecular complexity index is 790. The number of aromatic nitrogens is 1. The van der Waals surface area contributed by atoms with Crippen molar-refractivity contribution in [2.45, 2.75) is 32.0 Å². The Hall–Kier alpha value is -2.81. The highest BCUT2D eigenvalue weighted by atomic mass is 19.4. The van der Waals surface area contributed by atoms with E-state index in [1.807, 2.05) is 0 Å². The first-order chi connectivity index (χ1) is 13.3. The Balaban J connectivity index is 1.49. The average Bonchev–Trinajstić information content (AvgIpc) is 3.47. The lowest BCUT2D eigenvalue weighted by Crippen LogP contribution is -2.36. The zero-order chi connectivity index (χ0) is 20.1. The Labute approximate surface area is 159 Å². The van der Waals surface area contributed by atoms with Crippen molar-refractivity contribution in [3.8, 4) is 17.4 Å². The van der Waals surface area contributed by atoms with Gasteiger partial charge in [0.25, 0.3) is 5.91 Å². The molecule has 1 aromatic heterocycles. The summed E-state index contributed by atoms with van der Waals surface area (Å²) < 4.78 is 48.5. The van der Waals surface area contributed by atoms with E-state index in [-0.39, 0.29) is 5.88 Å². The molecule has 1 heterocycles. The molecule has 1 aromatic carbocycles. The summed E-state index contributed by atoms with van der Waals surface area (Å²) in [6.07, 6.45) is -2.26. The zero-order valence-electron chi connectivity index (χ0n) is 15.0. The minimum Gasteiger partial charge on any atom is -0.481 e. The van der Waals surface area contributed by atoms with E-state index in [0.717, 1.165) is 25.0 Å². The molecule has 0 saturated heterocycles. The highest BCUT2D eigenvalue weighted by molar-refractivity contribution is 5.79. The second kappa shape index (κ2) is 8.47. The molecule has 9 heteroatoms. The fraction of sp³-hybridized carbons (Fsp3) is 0.368. The zero-order valence-corrected chi connectivity index (χ0v) is 15.0. The summed E-state index contributed by atoms with van der Waals surface area (Å²) in [5, 5.41) is 0. The first-order valence-electron chi connectivity index (χ1n) is 8.71. The van der Waals surface area contributed by atoms with Crippen LogP contribution >= 0.6 is 0 Å². The van der Waals surface area contributed by atoms with Gasteiger partial charge < -0.3 is 9.47 Å². The van der Waals surface area contributed by atoms with Gasteiger partial charge in [-0.3, -0.25) is 9.63 Å². The van der Waals surface area contributed by atoms with Crippen LogP contribution in [0.3, 0.4) is 0 Å². The number of alkyl halides is 3. The lowest BCUT2D eigenvalue weighted by molar-refractivity contribution is -0.140. The van der Waals surface area contributed by atoms with E-state index in [0.29, 0.717) is 30.2 Å². The molecule has 0 bridgehead atoms. The molecule has 1 aliphatic rings. The first kappa shape index (κ1) is 19.9. The number of hydrogen-bond donors (Lipinski definition) is 1. The third kappa shape index (κ3) is 5.85. The lowest BCUT2D eigenvalue weighted by Gasteiger charge is -2.15. The fourth-order valence-corrected chi connectivity index (χ4v) is 2.17. The topological polar surface area (TPSA) is 69.7 Å². The molecule has 0 radical (unpaired) electrons. The van der Waals surface area contributed by atoms with Gasteiger partial charge in [0.15, 0.2) is 6.10 Å². The van der Waals surface area contributed by atoms with Gasteiger partial charge in [0, 0.05) is 12.3 Å². The van der Waals surface area contributed by atoms with Crippen molar-refractivity contribution in [2.75, 3.05) is 6.61 Å². The second-order valence-corrected chi connectivity index (χ2v) is 6.44. The molecule has 1 N–H and O–H groups in total. The summed E-state index contributed by atoms with van der Waals surface area (Å²) in [6, 6.07) is 8.31. The van der Waals surface area contributed by atoms with Gasteiger partial charge in [-0.15, -0.1) is 0 Å². The van der Waals surface area contributed by atoms with Crippen molar-refractivity contribution in [2.24, 2.45) is 5.92 Å². The van der Waals surface area contributed by atoms with Crippen LogP contribution in [0, 0.1) is 5.92 Å². The molecule has 6 nitrogen and oxygen atoms in total. The molecule has 1 saturated carbocycles. The molecule has 1 aliphatic carbocycles. The highest BCUT2D eigenvalue weighted by Gasteiger charge is 2.30. The molecule has 3 rings (SSSR count). The molecule has 0 unspecified atom stereocenters. The van der Waals surface area contributed by atoms with Gasteiger partial charge in [-0.25, -0.2) is 10.5 Å². The number of hydrogen-bond acceptors (Lipinski definition) is 5. The van der Waals surface area contributed by atoms with Gasteiger partial charge in [0.1, 0.15) is 11.5 Å². The standard InChI is InChI=1S/C19H19F3N2O4/c1-12(18(25)24-26-11-13-2-3-13)27-15-5-7-16(8-6-15)28-17-9-4-14(10-23-17)19(20,21)22/h4-10,12-13H,2-3,11H2,1H3,(H,24,25)/t12-/m1/s1. The van der Waals surface area contributed by atoms with Crippen LogP contribution < -0.4 is 15.0 Å². The van der Waals surface area contributed by atoms with E-state index in [2.05, 4.69) is 10.5 Å². The van der Waals surface area contributed by atoms with Crippen LogP contribution in [0.5, 0.6) is 17.4 Å². The van der Waals surface area contributed by atoms with Gasteiger partial charge >= 0.3 is 6.18 Å². The van der Waals surface area contributed by atoms with Crippen LogP contribution in [0.4, 0.5) is 13.2 Å². The summed E-state index contributed by atoms with van der Waals surface area (Å²) in [6.45, 7) is 2.09.